The molecule has 0 aromatic carbocycles. The average Bonchev–Trinajstić information content (AvgIpc) is 2.89. The fourth-order valence-corrected chi connectivity index (χ4v) is 3.47. The molecule has 2 aliphatic carbocycles. The van der Waals surface area contributed by atoms with E-state index in [2.05, 4.69) is 4.98 Å². The molecule has 2 aliphatic rings. The highest BCUT2D eigenvalue weighted by Crippen LogP contribution is 2.49. The molecule has 0 radical (unpaired) electrons. The van der Waals surface area contributed by atoms with E-state index in [1.54, 1.807) is 12.4 Å². The first kappa shape index (κ1) is 10.0. The van der Waals surface area contributed by atoms with E-state index in [9.17, 15) is 4.79 Å². The van der Waals surface area contributed by atoms with Crippen molar-refractivity contribution in [1.82, 2.24) is 4.98 Å². The number of ketones is 1. The number of hydrogen-bond donors (Lipinski definition) is 0. The summed E-state index contributed by atoms with van der Waals surface area (Å²) >= 11 is 0. The molecule has 2 heteroatoms. The summed E-state index contributed by atoms with van der Waals surface area (Å²) in [5.41, 5.74) is 1.89. The molecule has 0 amide bonds. The van der Waals surface area contributed by atoms with Gasteiger partial charge >= 0.3 is 0 Å². The van der Waals surface area contributed by atoms with Gasteiger partial charge in [-0.1, -0.05) is 6.42 Å². The highest BCUT2D eigenvalue weighted by Gasteiger charge is 2.43. The second-order valence-electron chi connectivity index (χ2n) is 5.40. The fraction of sp³-hybridized carbons (Fsp3) is 0.571. The number of carbonyl (C=O) groups is 1. The van der Waals surface area contributed by atoms with E-state index in [-0.39, 0.29) is 0 Å². The molecule has 1 heterocycles. The minimum absolute atomic E-state index is 0.294. The van der Waals surface area contributed by atoms with Crippen LogP contribution in [0.25, 0.3) is 0 Å². The Balaban J connectivity index is 1.83. The first-order chi connectivity index (χ1) is 7.74. The van der Waals surface area contributed by atoms with Gasteiger partial charge in [-0.25, -0.2) is 0 Å². The van der Waals surface area contributed by atoms with Crippen molar-refractivity contribution in [1.29, 1.82) is 0 Å². The van der Waals surface area contributed by atoms with Crippen molar-refractivity contribution in [2.75, 3.05) is 0 Å². The fourth-order valence-electron chi connectivity index (χ4n) is 3.47. The molecule has 3 unspecified atom stereocenters. The summed E-state index contributed by atoms with van der Waals surface area (Å²) in [6, 6.07) is 1.97. The first-order valence-electron chi connectivity index (χ1n) is 6.20. The van der Waals surface area contributed by atoms with Crippen LogP contribution in [0.15, 0.2) is 18.5 Å². The van der Waals surface area contributed by atoms with Crippen LogP contribution in [0.4, 0.5) is 0 Å². The summed E-state index contributed by atoms with van der Waals surface area (Å²) in [6.45, 7) is 1.99. The number of fused-ring (bicyclic) bond motifs is 2. The second kappa shape index (κ2) is 3.69. The molecule has 2 saturated carbocycles. The van der Waals surface area contributed by atoms with Crippen molar-refractivity contribution in [2.45, 2.75) is 32.6 Å². The molecule has 3 rings (SSSR count). The normalized spacial score (nSPS) is 31.9. The van der Waals surface area contributed by atoms with Gasteiger partial charge in [-0.15, -0.1) is 0 Å². The highest BCUT2D eigenvalue weighted by molar-refractivity contribution is 5.98. The standard InChI is InChI=1S/C14H17NO/c1-9-4-12(8-15-7-9)14(16)13-6-10-2-3-11(13)5-10/h4,7-8,10-11,13H,2-3,5-6H2,1H3. The average molecular weight is 215 g/mol. The molecule has 1 aromatic heterocycles. The van der Waals surface area contributed by atoms with E-state index in [1.807, 2.05) is 13.0 Å². The van der Waals surface area contributed by atoms with Crippen molar-refractivity contribution >= 4 is 5.78 Å². The molecular weight excluding hydrogens is 198 g/mol. The van der Waals surface area contributed by atoms with Crippen LogP contribution in [0, 0.1) is 24.7 Å². The number of aryl methyl sites for hydroxylation is 1. The number of aromatic nitrogens is 1. The van der Waals surface area contributed by atoms with E-state index in [0.29, 0.717) is 17.6 Å². The maximum absolute atomic E-state index is 12.3. The molecular formula is C14H17NO. The Kier molecular flexibility index (Phi) is 2.31. The van der Waals surface area contributed by atoms with E-state index in [0.717, 1.165) is 23.5 Å². The maximum atomic E-state index is 12.3. The molecule has 84 valence electrons. The summed E-state index contributed by atoms with van der Waals surface area (Å²) < 4.78 is 0. The van der Waals surface area contributed by atoms with Gasteiger partial charge in [-0.05, 0) is 49.7 Å². The highest BCUT2D eigenvalue weighted by atomic mass is 16.1. The number of hydrogen-bond acceptors (Lipinski definition) is 2. The van der Waals surface area contributed by atoms with Crippen molar-refractivity contribution in [3.63, 3.8) is 0 Å². The number of rotatable bonds is 2. The van der Waals surface area contributed by atoms with Crippen molar-refractivity contribution in [3.05, 3.63) is 29.6 Å². The number of Topliss-reactive ketones (excluding diaryl/α,β-unsaturated/α-hetero) is 1. The molecule has 16 heavy (non-hydrogen) atoms. The third-order valence-corrected chi connectivity index (χ3v) is 4.23. The summed E-state index contributed by atoms with van der Waals surface area (Å²) in [6.07, 6.45) is 8.55. The minimum Gasteiger partial charge on any atom is -0.294 e. The van der Waals surface area contributed by atoms with E-state index >= 15 is 0 Å². The van der Waals surface area contributed by atoms with Gasteiger partial charge in [0.1, 0.15) is 0 Å². The lowest BCUT2D eigenvalue weighted by molar-refractivity contribution is 0.0874. The monoisotopic (exact) mass is 215 g/mol. The van der Waals surface area contributed by atoms with Crippen LogP contribution in [0.3, 0.4) is 0 Å². The lowest BCUT2D eigenvalue weighted by Gasteiger charge is -2.20. The predicted molar refractivity (Wildman–Crippen MR) is 62.2 cm³/mol. The summed E-state index contributed by atoms with van der Waals surface area (Å²) in [4.78, 5) is 16.5. The number of pyridine rings is 1. The van der Waals surface area contributed by atoms with Crippen LogP contribution in [0.2, 0.25) is 0 Å². The molecule has 0 spiro atoms. The Morgan fingerprint density at radius 2 is 2.19 bits per heavy atom. The van der Waals surface area contributed by atoms with Crippen molar-refractivity contribution in [2.24, 2.45) is 17.8 Å². The summed E-state index contributed by atoms with van der Waals surface area (Å²) in [7, 11) is 0. The van der Waals surface area contributed by atoms with Crippen LogP contribution in [-0.4, -0.2) is 10.8 Å². The Hall–Kier alpha value is -1.18. The van der Waals surface area contributed by atoms with Crippen molar-refractivity contribution in [3.8, 4) is 0 Å². The first-order valence-corrected chi connectivity index (χ1v) is 6.20. The van der Waals surface area contributed by atoms with Gasteiger partial charge in [-0.2, -0.15) is 0 Å². The Bertz CT molecular complexity index is 426. The van der Waals surface area contributed by atoms with Crippen LogP contribution < -0.4 is 0 Å². The van der Waals surface area contributed by atoms with Gasteiger partial charge in [-0.3, -0.25) is 9.78 Å². The van der Waals surface area contributed by atoms with Gasteiger partial charge in [0.25, 0.3) is 0 Å². The minimum atomic E-state index is 0.294. The molecule has 1 aromatic rings. The largest absolute Gasteiger partial charge is 0.294 e. The van der Waals surface area contributed by atoms with Gasteiger partial charge in [0.2, 0.25) is 0 Å². The lowest BCUT2D eigenvalue weighted by atomic mass is 9.83. The quantitative estimate of drug-likeness (QED) is 0.710. The molecule has 2 fully saturated rings. The number of carbonyl (C=O) groups excluding carboxylic acids is 1. The van der Waals surface area contributed by atoms with E-state index in [4.69, 9.17) is 0 Å². The summed E-state index contributed by atoms with van der Waals surface area (Å²) in [5, 5.41) is 0. The Morgan fingerprint density at radius 3 is 2.81 bits per heavy atom. The van der Waals surface area contributed by atoms with Crippen LogP contribution in [0.5, 0.6) is 0 Å². The zero-order chi connectivity index (χ0) is 11.1. The van der Waals surface area contributed by atoms with Crippen LogP contribution >= 0.6 is 0 Å². The maximum Gasteiger partial charge on any atom is 0.167 e. The van der Waals surface area contributed by atoms with E-state index < -0.39 is 0 Å². The second-order valence-corrected chi connectivity index (χ2v) is 5.40. The number of nitrogens with zero attached hydrogens (tertiary/aromatic N) is 1. The van der Waals surface area contributed by atoms with Crippen LogP contribution in [0.1, 0.15) is 41.6 Å². The van der Waals surface area contributed by atoms with Gasteiger partial charge in [0.15, 0.2) is 5.78 Å². The lowest BCUT2D eigenvalue weighted by Crippen LogP contribution is -2.21. The SMILES string of the molecule is Cc1cncc(C(=O)C2CC3CCC2C3)c1. The smallest absolute Gasteiger partial charge is 0.167 e. The molecule has 0 saturated heterocycles. The molecule has 2 nitrogen and oxygen atoms in total. The molecule has 3 atom stereocenters. The van der Waals surface area contributed by atoms with Gasteiger partial charge in [0.05, 0.1) is 0 Å². The Labute approximate surface area is 96.1 Å². The van der Waals surface area contributed by atoms with Gasteiger partial charge in [0, 0.05) is 23.9 Å². The molecule has 2 bridgehead atoms. The zero-order valence-corrected chi connectivity index (χ0v) is 9.65. The predicted octanol–water partition coefficient (Wildman–Crippen LogP) is 3.01. The topological polar surface area (TPSA) is 30.0 Å². The third kappa shape index (κ3) is 1.57. The van der Waals surface area contributed by atoms with E-state index in [1.165, 1.54) is 19.3 Å². The molecule has 0 aliphatic heterocycles. The zero-order valence-electron chi connectivity index (χ0n) is 9.65. The Morgan fingerprint density at radius 1 is 1.31 bits per heavy atom. The van der Waals surface area contributed by atoms with Crippen LogP contribution in [-0.2, 0) is 0 Å². The third-order valence-electron chi connectivity index (χ3n) is 4.23. The van der Waals surface area contributed by atoms with Crippen molar-refractivity contribution < 1.29 is 4.79 Å². The van der Waals surface area contributed by atoms with Gasteiger partial charge < -0.3 is 0 Å². The summed E-state index contributed by atoms with van der Waals surface area (Å²) in [5.74, 6) is 2.13. The molecule has 0 N–H and O–H groups in total.